The van der Waals surface area contributed by atoms with E-state index in [1.165, 1.54) is 0 Å². The average molecular weight is 290 g/mol. The quantitative estimate of drug-likeness (QED) is 0.304. The van der Waals surface area contributed by atoms with E-state index in [-0.39, 0.29) is 48.7 Å². The van der Waals surface area contributed by atoms with Gasteiger partial charge in [-0.1, -0.05) is 32.6 Å². The topological polar surface area (TPSA) is 86.7 Å². The Balaban J connectivity index is 0. The van der Waals surface area contributed by atoms with Gasteiger partial charge in [-0.15, -0.1) is 0 Å². The summed E-state index contributed by atoms with van der Waals surface area (Å²) in [5, 5.41) is 8.68. The monoisotopic (exact) mass is 290 g/mol. The molecule has 104 valence electrons. The molecule has 0 aromatic heterocycles. The molecule has 0 radical (unpaired) electrons. The number of aliphatic hydroxyl groups is 1. The zero-order valence-corrected chi connectivity index (χ0v) is 14.4. The van der Waals surface area contributed by atoms with Gasteiger partial charge in [-0.05, 0) is 13.3 Å². The van der Waals surface area contributed by atoms with Crippen molar-refractivity contribution >= 4 is 10.1 Å². The van der Waals surface area contributed by atoms with Crippen molar-refractivity contribution in [2.24, 2.45) is 0 Å². The van der Waals surface area contributed by atoms with Crippen LogP contribution in [0.1, 0.15) is 52.4 Å². The first-order valence-corrected chi connectivity index (χ1v) is 7.60. The molecule has 0 spiro atoms. The molecule has 0 rings (SSSR count). The van der Waals surface area contributed by atoms with Crippen molar-refractivity contribution in [2.75, 3.05) is 6.61 Å². The van der Waals surface area contributed by atoms with Gasteiger partial charge in [0.1, 0.15) is 15.6 Å². The summed E-state index contributed by atoms with van der Waals surface area (Å²) in [6, 6.07) is 0. The number of unbranched alkanes of at least 4 members (excludes halogenated alkanes) is 3. The van der Waals surface area contributed by atoms with Gasteiger partial charge in [-0.25, -0.2) is 8.42 Å². The maximum Gasteiger partial charge on any atom is 1.00 e. The zero-order chi connectivity index (χ0) is 13.3. The molecule has 7 heteroatoms. The summed E-state index contributed by atoms with van der Waals surface area (Å²) < 4.78 is 37.7. The second-order valence-corrected chi connectivity index (χ2v) is 5.74. The van der Waals surface area contributed by atoms with Crippen LogP contribution >= 0.6 is 0 Å². The van der Waals surface area contributed by atoms with Crippen LogP contribution in [0.5, 0.6) is 0 Å². The maximum absolute atomic E-state index is 10.8. The Bertz CT molecular complexity index is 281. The van der Waals surface area contributed by atoms with Crippen molar-refractivity contribution in [2.45, 2.75) is 63.9 Å². The molecule has 0 heterocycles. The third-order valence-corrected chi connectivity index (χ3v) is 3.53. The fourth-order valence-electron chi connectivity index (χ4n) is 1.57. The Morgan fingerprint density at radius 1 is 1.22 bits per heavy atom. The summed E-state index contributed by atoms with van der Waals surface area (Å²) in [5.74, 6) is 0. The fraction of sp³-hybridized carbons (Fsp3) is 1.00. The number of aliphatic hydroxyl groups excluding tert-OH is 1. The minimum atomic E-state index is -4.49. The van der Waals surface area contributed by atoms with Crippen molar-refractivity contribution < 1.29 is 52.4 Å². The van der Waals surface area contributed by atoms with Gasteiger partial charge in [0.2, 0.25) is 0 Å². The van der Waals surface area contributed by atoms with E-state index in [0.29, 0.717) is 0 Å². The van der Waals surface area contributed by atoms with E-state index in [1.54, 1.807) is 6.92 Å². The molecular weight excluding hydrogens is 267 g/mol. The first-order valence-electron chi connectivity index (χ1n) is 6.12. The van der Waals surface area contributed by atoms with E-state index in [0.717, 1.165) is 32.1 Å². The van der Waals surface area contributed by atoms with Crippen molar-refractivity contribution in [3.63, 3.8) is 0 Å². The van der Waals surface area contributed by atoms with Crippen LogP contribution in [0.15, 0.2) is 0 Å². The van der Waals surface area contributed by atoms with Gasteiger partial charge >= 0.3 is 29.6 Å². The van der Waals surface area contributed by atoms with E-state index in [4.69, 9.17) is 9.84 Å². The Kier molecular flexibility index (Phi) is 13.7. The van der Waals surface area contributed by atoms with Crippen LogP contribution in [-0.2, 0) is 14.9 Å². The van der Waals surface area contributed by atoms with Gasteiger partial charge in [0.15, 0.2) is 0 Å². The molecule has 0 aromatic rings. The van der Waals surface area contributed by atoms with Crippen LogP contribution in [-0.4, -0.2) is 36.2 Å². The fourth-order valence-corrected chi connectivity index (χ4v) is 2.29. The van der Waals surface area contributed by atoms with Gasteiger partial charge in [0.05, 0.1) is 6.10 Å². The summed E-state index contributed by atoms with van der Waals surface area (Å²) in [5.41, 5.74) is -1.42. The Hall–Kier alpha value is 0.830. The molecule has 0 amide bonds. The molecule has 18 heavy (non-hydrogen) atoms. The van der Waals surface area contributed by atoms with Crippen LogP contribution in [0, 0.1) is 0 Å². The molecule has 5 nitrogen and oxygen atoms in total. The third kappa shape index (κ3) is 10.7. The molecular formula is C11H23NaO5S. The first kappa shape index (κ1) is 21.1. The molecule has 0 aromatic carbocycles. The third-order valence-electron chi connectivity index (χ3n) is 2.54. The SMILES string of the molecule is CCCCCCC(C)OC(CCO)S(=O)(=O)[O-].[Na+]. The number of ether oxygens (including phenoxy) is 1. The largest absolute Gasteiger partial charge is 1.00 e. The van der Waals surface area contributed by atoms with E-state index in [2.05, 4.69) is 6.92 Å². The molecule has 0 aliphatic carbocycles. The molecule has 2 atom stereocenters. The van der Waals surface area contributed by atoms with Gasteiger partial charge in [-0.3, -0.25) is 0 Å². The molecule has 0 bridgehead atoms. The van der Waals surface area contributed by atoms with Crippen molar-refractivity contribution in [3.05, 3.63) is 0 Å². The van der Waals surface area contributed by atoms with Gasteiger partial charge in [-0.2, -0.15) is 0 Å². The van der Waals surface area contributed by atoms with Crippen molar-refractivity contribution in [3.8, 4) is 0 Å². The summed E-state index contributed by atoms with van der Waals surface area (Å²) in [4.78, 5) is 0. The average Bonchev–Trinajstić information content (AvgIpc) is 2.22. The van der Waals surface area contributed by atoms with Crippen LogP contribution in [0.2, 0.25) is 0 Å². The number of rotatable bonds is 10. The number of hydrogen-bond donors (Lipinski definition) is 1. The zero-order valence-electron chi connectivity index (χ0n) is 11.6. The molecule has 2 unspecified atom stereocenters. The summed E-state index contributed by atoms with van der Waals surface area (Å²) in [6.07, 6.45) is 4.62. The standard InChI is InChI=1S/C11H24O5S.Na/c1-3-4-5-6-7-10(2)16-11(8-9-12)17(13,14)15;/h10-12H,3-9H2,1-2H3,(H,13,14,15);/q;+1/p-1. The Morgan fingerprint density at radius 3 is 2.28 bits per heavy atom. The summed E-state index contributed by atoms with van der Waals surface area (Å²) in [6.45, 7) is 3.50. The maximum atomic E-state index is 10.8. The smallest absolute Gasteiger partial charge is 0.746 e. The predicted molar refractivity (Wildman–Crippen MR) is 64.5 cm³/mol. The molecule has 0 fully saturated rings. The second-order valence-electron chi connectivity index (χ2n) is 4.23. The van der Waals surface area contributed by atoms with Crippen LogP contribution in [0.3, 0.4) is 0 Å². The summed E-state index contributed by atoms with van der Waals surface area (Å²) >= 11 is 0. The molecule has 0 saturated carbocycles. The van der Waals surface area contributed by atoms with E-state index >= 15 is 0 Å². The normalized spacial score (nSPS) is 14.9. The Morgan fingerprint density at radius 2 is 1.83 bits per heavy atom. The van der Waals surface area contributed by atoms with E-state index in [1.807, 2.05) is 0 Å². The van der Waals surface area contributed by atoms with Crippen LogP contribution < -0.4 is 29.6 Å². The van der Waals surface area contributed by atoms with Crippen LogP contribution in [0.4, 0.5) is 0 Å². The van der Waals surface area contributed by atoms with Crippen molar-refractivity contribution in [1.82, 2.24) is 0 Å². The number of hydrogen-bond acceptors (Lipinski definition) is 5. The van der Waals surface area contributed by atoms with Crippen molar-refractivity contribution in [1.29, 1.82) is 0 Å². The second kappa shape index (κ2) is 11.6. The van der Waals surface area contributed by atoms with E-state index in [9.17, 15) is 13.0 Å². The molecule has 1 N–H and O–H groups in total. The predicted octanol–water partition coefficient (Wildman–Crippen LogP) is -1.38. The summed E-state index contributed by atoms with van der Waals surface area (Å²) in [7, 11) is -4.49. The van der Waals surface area contributed by atoms with E-state index < -0.39 is 15.6 Å². The molecule has 0 aliphatic rings. The van der Waals surface area contributed by atoms with Gasteiger partial charge in [0, 0.05) is 13.0 Å². The molecule has 0 saturated heterocycles. The first-order chi connectivity index (χ1) is 7.91. The Labute approximate surface area is 132 Å². The molecule has 0 aliphatic heterocycles. The van der Waals surface area contributed by atoms with Gasteiger partial charge in [0.25, 0.3) is 0 Å². The minimum absolute atomic E-state index is 0. The van der Waals surface area contributed by atoms with Gasteiger partial charge < -0.3 is 14.4 Å². The van der Waals surface area contributed by atoms with Crippen LogP contribution in [0.25, 0.3) is 0 Å². The minimum Gasteiger partial charge on any atom is -0.746 e.